The highest BCUT2D eigenvalue weighted by molar-refractivity contribution is 7.91. The molecule has 1 aromatic rings. The molecular formula is C9H13F3N2O2S2. The number of nitrogens with one attached hydrogen (secondary N) is 1. The highest BCUT2D eigenvalue weighted by Crippen LogP contribution is 2.25. The molecule has 0 bridgehead atoms. The molecule has 104 valence electrons. The summed E-state index contributed by atoms with van der Waals surface area (Å²) in [7, 11) is -1.45. The fourth-order valence-electron chi connectivity index (χ4n) is 1.28. The van der Waals surface area contributed by atoms with Crippen LogP contribution in [0.5, 0.6) is 0 Å². The monoisotopic (exact) mass is 302 g/mol. The Hall–Kier alpha value is -0.640. The molecule has 0 atom stereocenters. The standard InChI is InChI=1S/C9H13F3N2O2S2/c1-13-4-7-3-8(17-5-7)18(15,16)14(2)6-9(10,11)12/h3,5,13H,4,6H2,1-2H3. The van der Waals surface area contributed by atoms with Crippen molar-refractivity contribution >= 4 is 21.4 Å². The average Bonchev–Trinajstić information content (AvgIpc) is 2.64. The molecule has 0 unspecified atom stereocenters. The van der Waals surface area contributed by atoms with Crippen LogP contribution in [0.15, 0.2) is 15.7 Å². The Morgan fingerprint density at radius 2 is 2.06 bits per heavy atom. The Morgan fingerprint density at radius 1 is 1.44 bits per heavy atom. The van der Waals surface area contributed by atoms with Crippen molar-refractivity contribution in [3.63, 3.8) is 0 Å². The van der Waals surface area contributed by atoms with Gasteiger partial charge >= 0.3 is 6.18 Å². The van der Waals surface area contributed by atoms with E-state index in [1.807, 2.05) is 0 Å². The number of halogens is 3. The molecule has 0 amide bonds. The molecule has 0 fully saturated rings. The molecule has 0 saturated heterocycles. The summed E-state index contributed by atoms with van der Waals surface area (Å²) in [6.07, 6.45) is -4.55. The molecule has 0 aliphatic carbocycles. The molecule has 0 saturated carbocycles. The predicted molar refractivity (Wildman–Crippen MR) is 63.0 cm³/mol. The van der Waals surface area contributed by atoms with Crippen LogP contribution in [0.2, 0.25) is 0 Å². The number of hydrogen-bond donors (Lipinski definition) is 1. The van der Waals surface area contributed by atoms with Crippen LogP contribution in [0.25, 0.3) is 0 Å². The van der Waals surface area contributed by atoms with Gasteiger partial charge in [-0.25, -0.2) is 8.42 Å². The zero-order valence-corrected chi connectivity index (χ0v) is 11.4. The van der Waals surface area contributed by atoms with Crippen LogP contribution in [-0.4, -0.2) is 39.5 Å². The minimum Gasteiger partial charge on any atom is -0.316 e. The Bertz CT molecular complexity index is 496. The van der Waals surface area contributed by atoms with Gasteiger partial charge in [0, 0.05) is 13.6 Å². The molecule has 0 aromatic carbocycles. The normalized spacial score (nSPS) is 13.2. The molecule has 0 spiro atoms. The molecule has 1 heterocycles. The van der Waals surface area contributed by atoms with E-state index in [0.29, 0.717) is 10.8 Å². The zero-order chi connectivity index (χ0) is 14.0. The third-order valence-electron chi connectivity index (χ3n) is 2.08. The molecule has 1 N–H and O–H groups in total. The molecule has 9 heteroatoms. The third-order valence-corrected chi connectivity index (χ3v) is 5.34. The second kappa shape index (κ2) is 5.55. The second-order valence-electron chi connectivity index (χ2n) is 3.68. The summed E-state index contributed by atoms with van der Waals surface area (Å²) in [6.45, 7) is -1.02. The van der Waals surface area contributed by atoms with Gasteiger partial charge in [-0.2, -0.15) is 17.5 Å². The van der Waals surface area contributed by atoms with Gasteiger partial charge in [0.15, 0.2) is 0 Å². The SMILES string of the molecule is CNCc1csc(S(=O)(=O)N(C)CC(F)(F)F)c1. The first-order valence-electron chi connectivity index (χ1n) is 4.92. The van der Waals surface area contributed by atoms with E-state index < -0.39 is 22.7 Å². The topological polar surface area (TPSA) is 49.4 Å². The van der Waals surface area contributed by atoms with Crippen LogP contribution in [-0.2, 0) is 16.6 Å². The lowest BCUT2D eigenvalue weighted by molar-refractivity contribution is -0.134. The maximum Gasteiger partial charge on any atom is 0.402 e. The van der Waals surface area contributed by atoms with Crippen molar-refractivity contribution in [1.29, 1.82) is 0 Å². The number of nitrogens with zero attached hydrogens (tertiary/aromatic N) is 1. The molecular weight excluding hydrogens is 289 g/mol. The first kappa shape index (κ1) is 15.4. The number of thiophene rings is 1. The van der Waals surface area contributed by atoms with Gasteiger partial charge in [-0.15, -0.1) is 11.3 Å². The lowest BCUT2D eigenvalue weighted by Crippen LogP contribution is -2.35. The van der Waals surface area contributed by atoms with Gasteiger partial charge in [0.05, 0.1) is 0 Å². The van der Waals surface area contributed by atoms with Gasteiger partial charge in [-0.05, 0) is 24.1 Å². The quantitative estimate of drug-likeness (QED) is 0.900. The first-order valence-corrected chi connectivity index (χ1v) is 7.24. The van der Waals surface area contributed by atoms with Crippen LogP contribution in [0, 0.1) is 0 Å². The molecule has 1 aromatic heterocycles. The van der Waals surface area contributed by atoms with Gasteiger partial charge in [-0.3, -0.25) is 0 Å². The molecule has 0 radical (unpaired) electrons. The zero-order valence-electron chi connectivity index (χ0n) is 9.78. The van der Waals surface area contributed by atoms with Gasteiger partial charge < -0.3 is 5.32 Å². The smallest absolute Gasteiger partial charge is 0.316 e. The van der Waals surface area contributed by atoms with Crippen molar-refractivity contribution < 1.29 is 21.6 Å². The number of hydrogen-bond acceptors (Lipinski definition) is 4. The summed E-state index contributed by atoms with van der Waals surface area (Å²) in [5.41, 5.74) is 0.724. The van der Waals surface area contributed by atoms with Crippen LogP contribution < -0.4 is 5.32 Å². The lowest BCUT2D eigenvalue weighted by atomic mass is 10.3. The maximum absolute atomic E-state index is 12.2. The van der Waals surface area contributed by atoms with Crippen molar-refractivity contribution in [3.05, 3.63) is 17.0 Å². The predicted octanol–water partition coefficient (Wildman–Crippen LogP) is 1.65. The fourth-order valence-corrected chi connectivity index (χ4v) is 3.85. The lowest BCUT2D eigenvalue weighted by Gasteiger charge is -2.17. The van der Waals surface area contributed by atoms with Crippen molar-refractivity contribution in [2.45, 2.75) is 16.9 Å². The van der Waals surface area contributed by atoms with E-state index in [-0.39, 0.29) is 4.21 Å². The Morgan fingerprint density at radius 3 is 2.56 bits per heavy atom. The minimum absolute atomic E-state index is 0.0838. The molecule has 0 aliphatic rings. The highest BCUT2D eigenvalue weighted by atomic mass is 32.2. The van der Waals surface area contributed by atoms with Crippen LogP contribution in [0.1, 0.15) is 5.56 Å². The largest absolute Gasteiger partial charge is 0.402 e. The molecule has 18 heavy (non-hydrogen) atoms. The van der Waals surface area contributed by atoms with E-state index in [0.717, 1.165) is 23.9 Å². The maximum atomic E-state index is 12.2. The van der Waals surface area contributed by atoms with Crippen LogP contribution in [0.4, 0.5) is 13.2 Å². The second-order valence-corrected chi connectivity index (χ2v) is 6.86. The van der Waals surface area contributed by atoms with Gasteiger partial charge in [-0.1, -0.05) is 0 Å². The Kier molecular flexibility index (Phi) is 4.76. The molecule has 4 nitrogen and oxygen atoms in total. The van der Waals surface area contributed by atoms with Crippen molar-refractivity contribution in [2.24, 2.45) is 0 Å². The summed E-state index contributed by atoms with van der Waals surface area (Å²) in [4.78, 5) is 0. The summed E-state index contributed by atoms with van der Waals surface area (Å²) >= 11 is 0.914. The van der Waals surface area contributed by atoms with E-state index in [4.69, 9.17) is 0 Å². The molecule has 0 aliphatic heterocycles. The Balaban J connectivity index is 2.91. The van der Waals surface area contributed by atoms with E-state index >= 15 is 0 Å². The van der Waals surface area contributed by atoms with Crippen molar-refractivity contribution in [2.75, 3.05) is 20.6 Å². The fraction of sp³-hybridized carbons (Fsp3) is 0.556. The number of alkyl halides is 3. The highest BCUT2D eigenvalue weighted by Gasteiger charge is 2.35. The third kappa shape index (κ3) is 3.94. The summed E-state index contributed by atoms with van der Waals surface area (Å²) in [5.74, 6) is 0. The number of sulfonamides is 1. The summed E-state index contributed by atoms with van der Waals surface area (Å²) in [5, 5.41) is 4.44. The van der Waals surface area contributed by atoms with E-state index in [1.165, 1.54) is 6.07 Å². The van der Waals surface area contributed by atoms with Crippen molar-refractivity contribution in [3.8, 4) is 0 Å². The van der Waals surface area contributed by atoms with E-state index in [9.17, 15) is 21.6 Å². The first-order chi connectivity index (χ1) is 8.16. The average molecular weight is 302 g/mol. The van der Waals surface area contributed by atoms with E-state index in [1.54, 1.807) is 12.4 Å². The molecule has 1 rings (SSSR count). The van der Waals surface area contributed by atoms with Crippen molar-refractivity contribution in [1.82, 2.24) is 9.62 Å². The van der Waals surface area contributed by atoms with Crippen LogP contribution in [0.3, 0.4) is 0 Å². The van der Waals surface area contributed by atoms with Gasteiger partial charge in [0.25, 0.3) is 10.0 Å². The summed E-state index contributed by atoms with van der Waals surface area (Å²) in [6, 6.07) is 1.38. The van der Waals surface area contributed by atoms with Gasteiger partial charge in [0.2, 0.25) is 0 Å². The minimum atomic E-state index is -4.55. The number of rotatable bonds is 5. The summed E-state index contributed by atoms with van der Waals surface area (Å²) < 4.78 is 60.4. The van der Waals surface area contributed by atoms with Gasteiger partial charge in [0.1, 0.15) is 10.8 Å². The van der Waals surface area contributed by atoms with Crippen LogP contribution >= 0.6 is 11.3 Å². The Labute approximate surface area is 107 Å². The van der Waals surface area contributed by atoms with E-state index in [2.05, 4.69) is 5.32 Å².